The molecule has 0 bridgehead atoms. The van der Waals surface area contributed by atoms with Gasteiger partial charge in [0.25, 0.3) is 5.91 Å². The molecule has 29 heavy (non-hydrogen) atoms. The molecule has 0 saturated carbocycles. The summed E-state index contributed by atoms with van der Waals surface area (Å²) in [6, 6.07) is 8.23. The fraction of sp³-hybridized carbons (Fsp3) is 0.333. The van der Waals surface area contributed by atoms with Crippen LogP contribution in [-0.2, 0) is 0 Å². The molecular formula is C21H22F3N3O2. The summed E-state index contributed by atoms with van der Waals surface area (Å²) in [4.78, 5) is 25.8. The molecule has 3 rings (SSSR count). The Hall–Kier alpha value is -3.03. The number of anilines is 1. The van der Waals surface area contributed by atoms with Crippen molar-refractivity contribution >= 4 is 17.6 Å². The number of benzene rings is 2. The molecule has 1 heterocycles. The van der Waals surface area contributed by atoms with Crippen LogP contribution in [0.25, 0.3) is 0 Å². The largest absolute Gasteiger partial charge is 0.352 e. The molecule has 0 atom stereocenters. The SMILES string of the molecule is O=C(NCCC1CCN(C(=O)Nc2cc(F)ccc2F)CC1)c1ccccc1F. The lowest BCUT2D eigenvalue weighted by Crippen LogP contribution is -2.41. The summed E-state index contributed by atoms with van der Waals surface area (Å²) in [5.41, 5.74) is -0.170. The van der Waals surface area contributed by atoms with Gasteiger partial charge in [-0.25, -0.2) is 18.0 Å². The molecule has 2 N–H and O–H groups in total. The van der Waals surface area contributed by atoms with Gasteiger partial charge < -0.3 is 15.5 Å². The van der Waals surface area contributed by atoms with E-state index in [2.05, 4.69) is 10.6 Å². The molecule has 0 aliphatic carbocycles. The smallest absolute Gasteiger partial charge is 0.321 e. The van der Waals surface area contributed by atoms with Crippen LogP contribution in [0.15, 0.2) is 42.5 Å². The van der Waals surface area contributed by atoms with Crippen molar-refractivity contribution in [2.75, 3.05) is 25.0 Å². The van der Waals surface area contributed by atoms with E-state index in [-0.39, 0.29) is 11.3 Å². The Morgan fingerprint density at radius 1 is 1.00 bits per heavy atom. The highest BCUT2D eigenvalue weighted by atomic mass is 19.1. The van der Waals surface area contributed by atoms with E-state index in [9.17, 15) is 22.8 Å². The van der Waals surface area contributed by atoms with Gasteiger partial charge in [-0.1, -0.05) is 12.1 Å². The minimum atomic E-state index is -0.694. The monoisotopic (exact) mass is 405 g/mol. The maximum atomic E-state index is 13.7. The molecule has 1 aliphatic rings. The fourth-order valence-electron chi connectivity index (χ4n) is 3.34. The first kappa shape index (κ1) is 20.7. The Balaban J connectivity index is 1.41. The number of rotatable bonds is 5. The van der Waals surface area contributed by atoms with E-state index in [0.29, 0.717) is 32.0 Å². The number of likely N-dealkylation sites (tertiary alicyclic amines) is 1. The Morgan fingerprint density at radius 2 is 1.72 bits per heavy atom. The van der Waals surface area contributed by atoms with Gasteiger partial charge in [0.15, 0.2) is 0 Å². The second-order valence-electron chi connectivity index (χ2n) is 7.01. The first-order chi connectivity index (χ1) is 13.9. The van der Waals surface area contributed by atoms with E-state index >= 15 is 0 Å². The summed E-state index contributed by atoms with van der Waals surface area (Å²) >= 11 is 0. The summed E-state index contributed by atoms with van der Waals surface area (Å²) in [5, 5.41) is 5.11. The van der Waals surface area contributed by atoms with Crippen LogP contribution in [0, 0.1) is 23.4 Å². The van der Waals surface area contributed by atoms with E-state index in [1.807, 2.05) is 0 Å². The quantitative estimate of drug-likeness (QED) is 0.785. The van der Waals surface area contributed by atoms with Crippen molar-refractivity contribution in [1.82, 2.24) is 10.2 Å². The number of nitrogens with zero attached hydrogens (tertiary/aromatic N) is 1. The number of amides is 3. The molecule has 0 radical (unpaired) electrons. The zero-order valence-corrected chi connectivity index (χ0v) is 15.8. The van der Waals surface area contributed by atoms with Gasteiger partial charge >= 0.3 is 6.03 Å². The van der Waals surface area contributed by atoms with Crippen molar-refractivity contribution in [2.45, 2.75) is 19.3 Å². The van der Waals surface area contributed by atoms with Crippen molar-refractivity contribution in [1.29, 1.82) is 0 Å². The lowest BCUT2D eigenvalue weighted by molar-refractivity contribution is 0.0945. The lowest BCUT2D eigenvalue weighted by atomic mass is 9.93. The van der Waals surface area contributed by atoms with E-state index in [1.54, 1.807) is 11.0 Å². The first-order valence-electron chi connectivity index (χ1n) is 9.47. The van der Waals surface area contributed by atoms with Crippen molar-refractivity contribution in [3.05, 3.63) is 65.5 Å². The molecule has 2 aromatic rings. The normalized spacial score (nSPS) is 14.5. The molecule has 8 heteroatoms. The average molecular weight is 405 g/mol. The molecule has 3 amide bonds. The van der Waals surface area contributed by atoms with Crippen molar-refractivity contribution in [3.63, 3.8) is 0 Å². The van der Waals surface area contributed by atoms with Crippen molar-refractivity contribution in [3.8, 4) is 0 Å². The molecule has 5 nitrogen and oxygen atoms in total. The van der Waals surface area contributed by atoms with Crippen LogP contribution in [0.3, 0.4) is 0 Å². The minimum absolute atomic E-state index is 0.0172. The van der Waals surface area contributed by atoms with Crippen LogP contribution >= 0.6 is 0 Å². The van der Waals surface area contributed by atoms with Gasteiger partial charge in [-0.2, -0.15) is 0 Å². The average Bonchev–Trinajstić information content (AvgIpc) is 2.71. The first-order valence-corrected chi connectivity index (χ1v) is 9.47. The minimum Gasteiger partial charge on any atom is -0.352 e. The topological polar surface area (TPSA) is 61.4 Å². The van der Waals surface area contributed by atoms with Crippen LogP contribution in [0.1, 0.15) is 29.6 Å². The number of hydrogen-bond donors (Lipinski definition) is 2. The summed E-state index contributed by atoms with van der Waals surface area (Å²) in [5.74, 6) is -2.01. The maximum Gasteiger partial charge on any atom is 0.321 e. The van der Waals surface area contributed by atoms with Gasteiger partial charge in [-0.05, 0) is 49.4 Å². The predicted molar refractivity (Wildman–Crippen MR) is 103 cm³/mol. The second-order valence-corrected chi connectivity index (χ2v) is 7.01. The van der Waals surface area contributed by atoms with Crippen LogP contribution in [0.5, 0.6) is 0 Å². The van der Waals surface area contributed by atoms with Crippen LogP contribution in [-0.4, -0.2) is 36.5 Å². The van der Waals surface area contributed by atoms with Crippen molar-refractivity contribution in [2.24, 2.45) is 5.92 Å². The van der Waals surface area contributed by atoms with Crippen LogP contribution in [0.4, 0.5) is 23.7 Å². The number of hydrogen-bond acceptors (Lipinski definition) is 2. The van der Waals surface area contributed by atoms with Gasteiger partial charge in [0.1, 0.15) is 17.5 Å². The highest BCUT2D eigenvalue weighted by molar-refractivity contribution is 5.94. The Kier molecular flexibility index (Phi) is 6.74. The third-order valence-electron chi connectivity index (χ3n) is 5.03. The molecule has 1 saturated heterocycles. The molecule has 0 unspecified atom stereocenters. The summed E-state index contributed by atoms with van der Waals surface area (Å²) in [7, 11) is 0. The molecular weight excluding hydrogens is 383 g/mol. The predicted octanol–water partition coefficient (Wildman–Crippen LogP) is 4.17. The summed E-state index contributed by atoms with van der Waals surface area (Å²) in [6.45, 7) is 1.38. The highest BCUT2D eigenvalue weighted by Crippen LogP contribution is 2.22. The molecule has 2 aromatic carbocycles. The van der Waals surface area contributed by atoms with Gasteiger partial charge in [-0.3, -0.25) is 4.79 Å². The number of carbonyl (C=O) groups excluding carboxylic acids is 2. The Labute approximate surface area is 166 Å². The lowest BCUT2D eigenvalue weighted by Gasteiger charge is -2.32. The van der Waals surface area contributed by atoms with E-state index in [4.69, 9.17) is 0 Å². The molecule has 154 valence electrons. The molecule has 0 aromatic heterocycles. The van der Waals surface area contributed by atoms with E-state index < -0.39 is 29.4 Å². The number of nitrogens with one attached hydrogen (secondary N) is 2. The molecule has 1 fully saturated rings. The van der Waals surface area contributed by atoms with Gasteiger partial charge in [0, 0.05) is 25.7 Å². The fourth-order valence-corrected chi connectivity index (χ4v) is 3.34. The number of halogens is 3. The summed E-state index contributed by atoms with van der Waals surface area (Å²) < 4.78 is 40.5. The van der Waals surface area contributed by atoms with Gasteiger partial charge in [0.05, 0.1) is 11.3 Å². The van der Waals surface area contributed by atoms with Gasteiger partial charge in [0.2, 0.25) is 0 Å². The maximum absolute atomic E-state index is 13.7. The third-order valence-corrected chi connectivity index (χ3v) is 5.03. The zero-order valence-electron chi connectivity index (χ0n) is 15.8. The van der Waals surface area contributed by atoms with Crippen LogP contribution < -0.4 is 10.6 Å². The Bertz CT molecular complexity index is 883. The van der Waals surface area contributed by atoms with Gasteiger partial charge in [-0.15, -0.1) is 0 Å². The number of urea groups is 1. The standard InChI is InChI=1S/C21H22F3N3O2/c22-15-5-6-18(24)19(13-15)26-21(29)27-11-8-14(9-12-27)7-10-25-20(28)16-3-1-2-4-17(16)23/h1-6,13-14H,7-12H2,(H,25,28)(H,26,29). The summed E-state index contributed by atoms with van der Waals surface area (Å²) in [6.07, 6.45) is 2.18. The highest BCUT2D eigenvalue weighted by Gasteiger charge is 2.23. The Morgan fingerprint density at radius 3 is 2.45 bits per heavy atom. The van der Waals surface area contributed by atoms with Crippen LogP contribution in [0.2, 0.25) is 0 Å². The van der Waals surface area contributed by atoms with E-state index in [0.717, 1.165) is 31.0 Å². The zero-order chi connectivity index (χ0) is 20.8. The molecule has 1 aliphatic heterocycles. The van der Waals surface area contributed by atoms with Crippen molar-refractivity contribution < 1.29 is 22.8 Å². The number of carbonyl (C=O) groups is 2. The second kappa shape index (κ2) is 9.45. The third kappa shape index (κ3) is 5.49. The molecule has 0 spiro atoms. The number of piperidine rings is 1. The van der Waals surface area contributed by atoms with E-state index in [1.165, 1.54) is 18.2 Å².